The van der Waals surface area contributed by atoms with Crippen molar-refractivity contribution in [2.75, 3.05) is 6.54 Å². The fourth-order valence-electron chi connectivity index (χ4n) is 5.24. The normalized spacial score (nSPS) is 21.0. The third kappa shape index (κ3) is 3.33. The number of benzene rings is 2. The van der Waals surface area contributed by atoms with Crippen LogP contribution in [-0.2, 0) is 22.6 Å². The Bertz CT molecular complexity index is 1400. The molecule has 34 heavy (non-hydrogen) atoms. The maximum Gasteiger partial charge on any atom is 0.246 e. The highest BCUT2D eigenvalue weighted by Gasteiger charge is 2.48. The van der Waals surface area contributed by atoms with E-state index < -0.39 is 17.3 Å². The Kier molecular flexibility index (Phi) is 5.00. The molecule has 6 rings (SSSR count). The summed E-state index contributed by atoms with van der Waals surface area (Å²) in [5.74, 6) is -0.223. The average molecular weight is 475 g/mol. The fourth-order valence-corrected chi connectivity index (χ4v) is 5.96. The predicted molar refractivity (Wildman–Crippen MR) is 126 cm³/mol. The Labute approximate surface area is 199 Å². The van der Waals surface area contributed by atoms with Crippen LogP contribution in [0.2, 0.25) is 0 Å². The summed E-state index contributed by atoms with van der Waals surface area (Å²) in [6.07, 6.45) is 0.417. The Morgan fingerprint density at radius 3 is 2.76 bits per heavy atom. The molecule has 172 valence electrons. The molecular formula is C25H22N4O4S. The second kappa shape index (κ2) is 8.07. The number of aromatic nitrogens is 1. The van der Waals surface area contributed by atoms with Crippen molar-refractivity contribution in [1.29, 1.82) is 0 Å². The molecule has 4 heterocycles. The highest BCUT2D eigenvalue weighted by Crippen LogP contribution is 2.43. The number of thiophene rings is 1. The summed E-state index contributed by atoms with van der Waals surface area (Å²) in [7, 11) is 0. The van der Waals surface area contributed by atoms with Crippen LogP contribution in [0.5, 0.6) is 0 Å². The molecule has 2 aromatic carbocycles. The molecule has 2 amide bonds. The van der Waals surface area contributed by atoms with E-state index in [0.29, 0.717) is 18.5 Å². The number of para-hydroxylation sites is 1. The van der Waals surface area contributed by atoms with Gasteiger partial charge in [-0.05, 0) is 28.6 Å². The molecule has 4 aromatic rings. The number of piperazine rings is 1. The molecule has 2 aliphatic heterocycles. The van der Waals surface area contributed by atoms with E-state index in [9.17, 15) is 20.0 Å². The molecule has 0 spiro atoms. The molecule has 0 saturated carbocycles. The second-order valence-electron chi connectivity index (χ2n) is 8.69. The third-order valence-electron chi connectivity index (χ3n) is 6.72. The number of hydrogen-bond acceptors (Lipinski definition) is 5. The highest BCUT2D eigenvalue weighted by molar-refractivity contribution is 7.09. The standard InChI is InChI=1S/C25H22N4O4S/c30-22-14-27(13-17-7-4-10-34-17)25(31)21-12-19-18-8-1-2-9-20(18)26-23(19)24(28(21)22)15-5-3-6-16(11-15)29(32)33/h1-11,21,24,26,29,32H,12-14H2. The van der Waals surface area contributed by atoms with Crippen molar-refractivity contribution < 1.29 is 20.0 Å². The van der Waals surface area contributed by atoms with Crippen LogP contribution in [0.15, 0.2) is 66.0 Å². The zero-order valence-corrected chi connectivity index (χ0v) is 18.9. The van der Waals surface area contributed by atoms with Crippen molar-refractivity contribution in [1.82, 2.24) is 14.8 Å². The van der Waals surface area contributed by atoms with Crippen LogP contribution in [0.1, 0.15) is 27.7 Å². The summed E-state index contributed by atoms with van der Waals surface area (Å²) >= 11 is 1.56. The minimum atomic E-state index is -1.03. The van der Waals surface area contributed by atoms with Crippen molar-refractivity contribution in [3.8, 4) is 0 Å². The van der Waals surface area contributed by atoms with E-state index in [1.165, 1.54) is 6.07 Å². The molecule has 0 bridgehead atoms. The van der Waals surface area contributed by atoms with E-state index in [1.54, 1.807) is 33.3 Å². The van der Waals surface area contributed by atoms with Gasteiger partial charge in [-0.25, -0.2) is 5.21 Å². The van der Waals surface area contributed by atoms with Crippen molar-refractivity contribution in [2.45, 2.75) is 25.0 Å². The van der Waals surface area contributed by atoms with E-state index in [0.717, 1.165) is 27.0 Å². The van der Waals surface area contributed by atoms with E-state index in [4.69, 9.17) is 0 Å². The minimum Gasteiger partial charge on any atom is -0.595 e. The molecule has 9 heteroatoms. The number of carbonyl (C=O) groups is 2. The van der Waals surface area contributed by atoms with Crippen molar-refractivity contribution in [2.24, 2.45) is 0 Å². The lowest BCUT2D eigenvalue weighted by molar-refractivity contribution is -0.991. The van der Waals surface area contributed by atoms with Gasteiger partial charge in [-0.1, -0.05) is 36.4 Å². The Morgan fingerprint density at radius 1 is 1.12 bits per heavy atom. The van der Waals surface area contributed by atoms with Gasteiger partial charge in [-0.15, -0.1) is 11.3 Å². The van der Waals surface area contributed by atoms with Crippen LogP contribution in [0.25, 0.3) is 10.9 Å². The van der Waals surface area contributed by atoms with Gasteiger partial charge in [0.15, 0.2) is 5.69 Å². The van der Waals surface area contributed by atoms with E-state index in [-0.39, 0.29) is 24.0 Å². The van der Waals surface area contributed by atoms with Gasteiger partial charge in [-0.2, -0.15) is 5.23 Å². The van der Waals surface area contributed by atoms with Crippen molar-refractivity contribution >= 4 is 39.7 Å². The maximum atomic E-state index is 13.7. The van der Waals surface area contributed by atoms with Crippen molar-refractivity contribution in [3.63, 3.8) is 0 Å². The van der Waals surface area contributed by atoms with Crippen LogP contribution in [0.4, 0.5) is 5.69 Å². The number of fused-ring (bicyclic) bond motifs is 4. The first-order chi connectivity index (χ1) is 16.5. The molecule has 1 fully saturated rings. The molecule has 0 aliphatic carbocycles. The Morgan fingerprint density at radius 2 is 1.97 bits per heavy atom. The lowest BCUT2D eigenvalue weighted by Crippen LogP contribution is -2.99. The zero-order valence-electron chi connectivity index (χ0n) is 18.1. The minimum absolute atomic E-state index is 0.00207. The van der Waals surface area contributed by atoms with Crippen LogP contribution in [0.3, 0.4) is 0 Å². The van der Waals surface area contributed by atoms with Gasteiger partial charge < -0.3 is 20.0 Å². The lowest BCUT2D eigenvalue weighted by Gasteiger charge is -2.47. The van der Waals surface area contributed by atoms with Gasteiger partial charge in [0.2, 0.25) is 11.8 Å². The first-order valence-corrected chi connectivity index (χ1v) is 11.9. The van der Waals surface area contributed by atoms with Gasteiger partial charge in [-0.3, -0.25) is 9.59 Å². The zero-order chi connectivity index (χ0) is 23.4. The molecule has 3 N–H and O–H groups in total. The van der Waals surface area contributed by atoms with E-state index in [2.05, 4.69) is 4.98 Å². The molecule has 2 aromatic heterocycles. The van der Waals surface area contributed by atoms with E-state index in [1.807, 2.05) is 47.8 Å². The smallest absolute Gasteiger partial charge is 0.246 e. The predicted octanol–water partition coefficient (Wildman–Crippen LogP) is 2.52. The van der Waals surface area contributed by atoms with Gasteiger partial charge in [0.1, 0.15) is 12.6 Å². The summed E-state index contributed by atoms with van der Waals surface area (Å²) in [4.78, 5) is 35.0. The van der Waals surface area contributed by atoms with Crippen LogP contribution in [-0.4, -0.2) is 44.4 Å². The number of nitrogens with one attached hydrogen (secondary N) is 2. The number of carbonyl (C=O) groups excluding carboxylic acids is 2. The molecular weight excluding hydrogens is 452 g/mol. The molecule has 8 nitrogen and oxygen atoms in total. The molecule has 3 atom stereocenters. The second-order valence-corrected chi connectivity index (χ2v) is 9.72. The number of H-pyrrole nitrogens is 1. The number of rotatable bonds is 4. The first-order valence-electron chi connectivity index (χ1n) is 11.1. The summed E-state index contributed by atoms with van der Waals surface area (Å²) in [5, 5.41) is 23.2. The topological polar surface area (TPSA) is 104 Å². The number of amides is 2. The third-order valence-corrected chi connectivity index (χ3v) is 7.58. The summed E-state index contributed by atoms with van der Waals surface area (Å²) in [6, 6.07) is 17.2. The Hall–Kier alpha value is -3.50. The van der Waals surface area contributed by atoms with Crippen LogP contribution < -0.4 is 5.23 Å². The molecule has 3 unspecified atom stereocenters. The summed E-state index contributed by atoms with van der Waals surface area (Å²) < 4.78 is 0. The van der Waals surface area contributed by atoms with Gasteiger partial charge in [0.05, 0.1) is 12.6 Å². The number of hydrogen-bond donors (Lipinski definition) is 3. The number of quaternary nitrogens is 1. The number of aromatic amines is 1. The average Bonchev–Trinajstić information content (AvgIpc) is 3.48. The van der Waals surface area contributed by atoms with Gasteiger partial charge in [0.25, 0.3) is 0 Å². The fraction of sp³-hybridized carbons (Fsp3) is 0.200. The van der Waals surface area contributed by atoms with Crippen molar-refractivity contribution in [3.05, 3.63) is 92.9 Å². The first kappa shape index (κ1) is 21.1. The van der Waals surface area contributed by atoms with Crippen LogP contribution in [0, 0.1) is 5.21 Å². The maximum absolute atomic E-state index is 13.7. The summed E-state index contributed by atoms with van der Waals surface area (Å²) in [6.45, 7) is 0.407. The largest absolute Gasteiger partial charge is 0.595 e. The number of nitrogens with zero attached hydrogens (tertiary/aromatic N) is 2. The Balaban J connectivity index is 1.49. The monoisotopic (exact) mass is 474 g/mol. The summed E-state index contributed by atoms with van der Waals surface area (Å²) in [5.41, 5.74) is 3.59. The van der Waals surface area contributed by atoms with E-state index >= 15 is 0 Å². The quantitative estimate of drug-likeness (QED) is 0.396. The molecule has 1 saturated heterocycles. The lowest BCUT2D eigenvalue weighted by atomic mass is 9.86. The van der Waals surface area contributed by atoms with Crippen LogP contribution >= 0.6 is 11.3 Å². The molecule has 0 radical (unpaired) electrons. The van der Waals surface area contributed by atoms with Gasteiger partial charge >= 0.3 is 0 Å². The molecule has 2 aliphatic rings. The highest BCUT2D eigenvalue weighted by atomic mass is 32.1. The van der Waals surface area contributed by atoms with Gasteiger partial charge in [0, 0.05) is 40.0 Å². The SMILES string of the molecule is O=C1C2Cc3c([nH]c4ccccc34)C(c3cccc([NH+]([O-])O)c3)N2C(=O)CN1Cc1cccs1.